The zero-order chi connectivity index (χ0) is 17.6. The smallest absolute Gasteiger partial charge is 0.221 e. The molecule has 2 heterocycles. The maximum atomic E-state index is 12.2. The number of ether oxygens (including phenoxy) is 1. The van der Waals surface area contributed by atoms with Gasteiger partial charge in [-0.2, -0.15) is 5.10 Å². The van der Waals surface area contributed by atoms with Crippen molar-refractivity contribution in [3.8, 4) is 0 Å². The molecule has 1 atom stereocenters. The number of aryl methyl sites for hydroxylation is 2. The predicted molar refractivity (Wildman–Crippen MR) is 95.3 cm³/mol. The van der Waals surface area contributed by atoms with E-state index in [1.165, 1.54) is 19.3 Å². The molecule has 140 valence electrons. The number of amides is 1. The second-order valence-corrected chi connectivity index (χ2v) is 7.33. The number of carbonyl (C=O) groups is 1. The quantitative estimate of drug-likeness (QED) is 0.841. The molecule has 1 aromatic heterocycles. The van der Waals surface area contributed by atoms with Crippen molar-refractivity contribution >= 4 is 5.91 Å². The molecule has 1 N–H and O–H groups in total. The fraction of sp³-hybridized carbons (Fsp3) is 0.833. The summed E-state index contributed by atoms with van der Waals surface area (Å²) >= 11 is 0. The largest absolute Gasteiger partial charge is 0.374 e. The summed E-state index contributed by atoms with van der Waals surface area (Å²) in [7, 11) is 0. The van der Waals surface area contributed by atoms with E-state index in [2.05, 4.69) is 20.3 Å². The molecule has 0 aromatic carbocycles. The van der Waals surface area contributed by atoms with Crippen LogP contribution in [0.4, 0.5) is 0 Å². The van der Waals surface area contributed by atoms with Gasteiger partial charge in [0.05, 0.1) is 19.3 Å². The lowest BCUT2D eigenvalue weighted by Crippen LogP contribution is -2.46. The van der Waals surface area contributed by atoms with E-state index in [0.29, 0.717) is 19.1 Å². The molecule has 0 bridgehead atoms. The molecule has 0 unspecified atom stereocenters. The van der Waals surface area contributed by atoms with Gasteiger partial charge in [-0.1, -0.05) is 19.3 Å². The average Bonchev–Trinajstić information content (AvgIpc) is 2.91. The van der Waals surface area contributed by atoms with Crippen LogP contribution in [0.3, 0.4) is 0 Å². The minimum atomic E-state index is 0.106. The molecular formula is C18H31N5O2. The number of carbonyl (C=O) groups excluding carboxylic acids is 1. The maximum Gasteiger partial charge on any atom is 0.221 e. The molecule has 25 heavy (non-hydrogen) atoms. The molecular weight excluding hydrogens is 318 g/mol. The van der Waals surface area contributed by atoms with Crippen molar-refractivity contribution < 1.29 is 9.53 Å². The standard InChI is InChI=1S/C18H31N5O2/c1-14-19-15(2)23(21-14)13-17-12-22(10-11-25-17)9-8-18(24)20-16-6-4-3-5-7-16/h16-17H,3-13H2,1-2H3,(H,20,24)/t17-/m1/s1. The number of hydrogen-bond acceptors (Lipinski definition) is 5. The Hall–Kier alpha value is -1.47. The molecule has 1 amide bonds. The third-order valence-corrected chi connectivity index (χ3v) is 5.19. The van der Waals surface area contributed by atoms with Crippen molar-refractivity contribution in [2.24, 2.45) is 0 Å². The first-order valence-electron chi connectivity index (χ1n) is 9.61. The lowest BCUT2D eigenvalue weighted by atomic mass is 9.95. The van der Waals surface area contributed by atoms with Crippen LogP contribution in [0.5, 0.6) is 0 Å². The molecule has 7 nitrogen and oxygen atoms in total. The molecule has 1 aromatic rings. The van der Waals surface area contributed by atoms with Gasteiger partial charge in [-0.25, -0.2) is 9.67 Å². The van der Waals surface area contributed by atoms with Crippen molar-refractivity contribution in [1.29, 1.82) is 0 Å². The number of morpholine rings is 1. The first-order valence-corrected chi connectivity index (χ1v) is 9.61. The number of rotatable bonds is 6. The highest BCUT2D eigenvalue weighted by Gasteiger charge is 2.23. The van der Waals surface area contributed by atoms with Crippen LogP contribution in [0, 0.1) is 13.8 Å². The molecule has 1 aliphatic heterocycles. The van der Waals surface area contributed by atoms with Crippen LogP contribution in [0.25, 0.3) is 0 Å². The van der Waals surface area contributed by atoms with Gasteiger partial charge in [-0.15, -0.1) is 0 Å². The summed E-state index contributed by atoms with van der Waals surface area (Å²) in [5.74, 6) is 1.91. The maximum absolute atomic E-state index is 12.2. The Labute approximate surface area is 150 Å². The van der Waals surface area contributed by atoms with Gasteiger partial charge < -0.3 is 10.1 Å². The van der Waals surface area contributed by atoms with Crippen LogP contribution < -0.4 is 5.32 Å². The first-order chi connectivity index (χ1) is 12.1. The Morgan fingerprint density at radius 2 is 2.08 bits per heavy atom. The van der Waals surface area contributed by atoms with Crippen LogP contribution in [0.2, 0.25) is 0 Å². The zero-order valence-corrected chi connectivity index (χ0v) is 15.5. The second-order valence-electron chi connectivity index (χ2n) is 7.33. The topological polar surface area (TPSA) is 72.3 Å². The van der Waals surface area contributed by atoms with Gasteiger partial charge in [-0.05, 0) is 26.7 Å². The SMILES string of the molecule is Cc1nc(C)n(C[C@H]2CN(CCC(=O)NC3CCCCC3)CCO2)n1. The summed E-state index contributed by atoms with van der Waals surface area (Å²) in [6.45, 7) is 7.84. The summed E-state index contributed by atoms with van der Waals surface area (Å²) < 4.78 is 7.79. The van der Waals surface area contributed by atoms with Gasteiger partial charge in [0.15, 0.2) is 0 Å². The molecule has 1 aliphatic carbocycles. The normalized spacial score (nSPS) is 22.9. The van der Waals surface area contributed by atoms with Gasteiger partial charge in [0, 0.05) is 32.1 Å². The van der Waals surface area contributed by atoms with Crippen LogP contribution in [-0.2, 0) is 16.1 Å². The molecule has 1 saturated carbocycles. The Kier molecular flexibility index (Phi) is 6.42. The van der Waals surface area contributed by atoms with Gasteiger partial charge in [0.2, 0.25) is 5.91 Å². The zero-order valence-electron chi connectivity index (χ0n) is 15.5. The Bertz CT molecular complexity index is 568. The van der Waals surface area contributed by atoms with Crippen LogP contribution in [0.15, 0.2) is 0 Å². The predicted octanol–water partition coefficient (Wildman–Crippen LogP) is 1.43. The van der Waals surface area contributed by atoms with Crippen molar-refractivity contribution in [3.05, 3.63) is 11.6 Å². The molecule has 3 rings (SSSR count). The highest BCUT2D eigenvalue weighted by atomic mass is 16.5. The van der Waals surface area contributed by atoms with E-state index in [9.17, 15) is 4.79 Å². The summed E-state index contributed by atoms with van der Waals surface area (Å²) in [6.07, 6.45) is 6.77. The van der Waals surface area contributed by atoms with Gasteiger partial charge in [0.1, 0.15) is 11.6 Å². The number of hydrogen-bond donors (Lipinski definition) is 1. The molecule has 1 saturated heterocycles. The Morgan fingerprint density at radius 1 is 1.28 bits per heavy atom. The van der Waals surface area contributed by atoms with E-state index < -0.39 is 0 Å². The fourth-order valence-electron chi connectivity index (χ4n) is 3.83. The summed E-state index contributed by atoms with van der Waals surface area (Å²) in [5.41, 5.74) is 0. The highest BCUT2D eigenvalue weighted by Crippen LogP contribution is 2.17. The van der Waals surface area contributed by atoms with Crippen LogP contribution in [0.1, 0.15) is 50.2 Å². The van der Waals surface area contributed by atoms with E-state index in [-0.39, 0.29) is 12.0 Å². The Balaban J connectivity index is 1.40. The summed E-state index contributed by atoms with van der Waals surface area (Å²) in [6, 6.07) is 0.400. The van der Waals surface area contributed by atoms with Gasteiger partial charge in [-0.3, -0.25) is 9.69 Å². The van der Waals surface area contributed by atoms with Gasteiger partial charge in [0.25, 0.3) is 0 Å². The minimum absolute atomic E-state index is 0.106. The third kappa shape index (κ3) is 5.51. The minimum Gasteiger partial charge on any atom is -0.374 e. The van der Waals surface area contributed by atoms with E-state index in [0.717, 1.165) is 50.7 Å². The lowest BCUT2D eigenvalue weighted by Gasteiger charge is -2.33. The summed E-state index contributed by atoms with van der Waals surface area (Å²) in [4.78, 5) is 18.8. The first kappa shape index (κ1) is 18.3. The van der Waals surface area contributed by atoms with E-state index in [1.54, 1.807) is 0 Å². The lowest BCUT2D eigenvalue weighted by molar-refractivity contribution is -0.122. The molecule has 7 heteroatoms. The van der Waals surface area contributed by atoms with E-state index in [4.69, 9.17) is 4.74 Å². The fourth-order valence-corrected chi connectivity index (χ4v) is 3.83. The van der Waals surface area contributed by atoms with Crippen LogP contribution >= 0.6 is 0 Å². The monoisotopic (exact) mass is 349 g/mol. The number of aromatic nitrogens is 3. The molecule has 2 aliphatic rings. The third-order valence-electron chi connectivity index (χ3n) is 5.19. The summed E-state index contributed by atoms with van der Waals surface area (Å²) in [5, 5.41) is 7.61. The number of nitrogens with zero attached hydrogens (tertiary/aromatic N) is 4. The Morgan fingerprint density at radius 3 is 2.80 bits per heavy atom. The van der Waals surface area contributed by atoms with E-state index in [1.807, 2.05) is 18.5 Å². The number of nitrogens with one attached hydrogen (secondary N) is 1. The van der Waals surface area contributed by atoms with E-state index >= 15 is 0 Å². The van der Waals surface area contributed by atoms with Crippen molar-refractivity contribution in [1.82, 2.24) is 25.0 Å². The average molecular weight is 349 g/mol. The molecule has 2 fully saturated rings. The highest BCUT2D eigenvalue weighted by molar-refractivity contribution is 5.76. The molecule has 0 radical (unpaired) electrons. The van der Waals surface area contributed by atoms with Crippen LogP contribution in [-0.4, -0.2) is 64.0 Å². The van der Waals surface area contributed by atoms with Crippen molar-refractivity contribution in [2.45, 2.75) is 71.1 Å². The van der Waals surface area contributed by atoms with Crippen molar-refractivity contribution in [2.75, 3.05) is 26.2 Å². The van der Waals surface area contributed by atoms with Crippen molar-refractivity contribution in [3.63, 3.8) is 0 Å². The second kappa shape index (κ2) is 8.76. The van der Waals surface area contributed by atoms with Gasteiger partial charge >= 0.3 is 0 Å². The molecule has 0 spiro atoms.